The fourth-order valence-electron chi connectivity index (χ4n) is 2.38. The second-order valence-corrected chi connectivity index (χ2v) is 5.99. The molecular weight excluding hydrogens is 256 g/mol. The standard InChI is InChI=1S/C20H38O/c1-3-5-7-9-11-13-15-17-19-21-20-18-16-14-12-10-8-6-4-2/h17-20H,3-16H2,1-2H3/b19-17+,20-18+. The molecule has 124 valence electrons. The summed E-state index contributed by atoms with van der Waals surface area (Å²) >= 11 is 0. The van der Waals surface area contributed by atoms with Crippen molar-refractivity contribution in [2.45, 2.75) is 104 Å². The largest absolute Gasteiger partial charge is 0.473 e. The van der Waals surface area contributed by atoms with Crippen LogP contribution >= 0.6 is 0 Å². The molecule has 0 amide bonds. The minimum Gasteiger partial charge on any atom is -0.473 e. The van der Waals surface area contributed by atoms with Gasteiger partial charge in [-0.15, -0.1) is 0 Å². The van der Waals surface area contributed by atoms with Crippen molar-refractivity contribution in [2.24, 2.45) is 0 Å². The quantitative estimate of drug-likeness (QED) is 0.211. The van der Waals surface area contributed by atoms with Gasteiger partial charge in [-0.1, -0.05) is 78.1 Å². The lowest BCUT2D eigenvalue weighted by Crippen LogP contribution is -1.78. The van der Waals surface area contributed by atoms with E-state index in [1.54, 1.807) is 0 Å². The van der Waals surface area contributed by atoms with E-state index in [-0.39, 0.29) is 0 Å². The number of hydrogen-bond acceptors (Lipinski definition) is 1. The van der Waals surface area contributed by atoms with Crippen molar-refractivity contribution in [1.29, 1.82) is 0 Å². The second-order valence-electron chi connectivity index (χ2n) is 5.99. The summed E-state index contributed by atoms with van der Waals surface area (Å²) in [5.41, 5.74) is 0. The van der Waals surface area contributed by atoms with E-state index in [1.807, 2.05) is 12.5 Å². The van der Waals surface area contributed by atoms with E-state index in [0.29, 0.717) is 0 Å². The van der Waals surface area contributed by atoms with Gasteiger partial charge < -0.3 is 4.74 Å². The highest BCUT2D eigenvalue weighted by Gasteiger charge is 1.89. The van der Waals surface area contributed by atoms with Crippen LogP contribution in [0.3, 0.4) is 0 Å². The third-order valence-electron chi connectivity index (χ3n) is 3.80. The number of rotatable bonds is 16. The summed E-state index contributed by atoms with van der Waals surface area (Å²) in [7, 11) is 0. The summed E-state index contributed by atoms with van der Waals surface area (Å²) in [4.78, 5) is 0. The third kappa shape index (κ3) is 19.3. The van der Waals surface area contributed by atoms with Crippen molar-refractivity contribution in [1.82, 2.24) is 0 Å². The number of hydrogen-bond donors (Lipinski definition) is 0. The lowest BCUT2D eigenvalue weighted by Gasteiger charge is -1.98. The van der Waals surface area contributed by atoms with Crippen LogP contribution in [0.1, 0.15) is 104 Å². The minimum atomic E-state index is 1.15. The van der Waals surface area contributed by atoms with Crippen LogP contribution < -0.4 is 0 Å². The van der Waals surface area contributed by atoms with Crippen LogP contribution in [0.2, 0.25) is 0 Å². The number of ether oxygens (including phenoxy) is 1. The zero-order valence-corrected chi connectivity index (χ0v) is 14.6. The average molecular weight is 295 g/mol. The van der Waals surface area contributed by atoms with Crippen molar-refractivity contribution >= 4 is 0 Å². The molecule has 0 atom stereocenters. The van der Waals surface area contributed by atoms with Crippen LogP contribution in [0, 0.1) is 0 Å². The van der Waals surface area contributed by atoms with Gasteiger partial charge in [-0.25, -0.2) is 0 Å². The molecule has 0 unspecified atom stereocenters. The Balaban J connectivity index is 3.14. The smallest absolute Gasteiger partial charge is 0.0861 e. The molecule has 0 N–H and O–H groups in total. The molecule has 1 heteroatoms. The van der Waals surface area contributed by atoms with E-state index in [2.05, 4.69) is 26.0 Å². The van der Waals surface area contributed by atoms with Crippen LogP contribution in [0.25, 0.3) is 0 Å². The maximum atomic E-state index is 5.36. The fraction of sp³-hybridized carbons (Fsp3) is 0.800. The van der Waals surface area contributed by atoms with Crippen molar-refractivity contribution in [3.05, 3.63) is 24.7 Å². The SMILES string of the molecule is CCCCCCCC/C=C/O/C=C/CCCCCCCC. The summed E-state index contributed by atoms with van der Waals surface area (Å²) < 4.78 is 5.36. The molecule has 0 fully saturated rings. The number of allylic oxidation sites excluding steroid dienone is 2. The molecule has 0 radical (unpaired) electrons. The molecule has 0 aliphatic carbocycles. The predicted octanol–water partition coefficient (Wildman–Crippen LogP) is 7.53. The highest BCUT2D eigenvalue weighted by atomic mass is 16.5. The molecular formula is C20H38O. The first kappa shape index (κ1) is 20.3. The molecule has 0 aromatic rings. The van der Waals surface area contributed by atoms with Crippen molar-refractivity contribution in [3.8, 4) is 0 Å². The molecule has 0 spiro atoms. The second kappa shape index (κ2) is 19.3. The van der Waals surface area contributed by atoms with E-state index < -0.39 is 0 Å². The summed E-state index contributed by atoms with van der Waals surface area (Å²) in [5, 5.41) is 0. The van der Waals surface area contributed by atoms with Crippen molar-refractivity contribution < 1.29 is 4.74 Å². The van der Waals surface area contributed by atoms with Crippen molar-refractivity contribution in [2.75, 3.05) is 0 Å². The number of unbranched alkanes of at least 4 members (excludes halogenated alkanes) is 12. The Hall–Kier alpha value is -0.720. The normalized spacial score (nSPS) is 11.7. The molecule has 0 saturated heterocycles. The first-order chi connectivity index (χ1) is 10.4. The Kier molecular flexibility index (Phi) is 18.6. The monoisotopic (exact) mass is 294 g/mol. The van der Waals surface area contributed by atoms with Crippen LogP contribution in [0.5, 0.6) is 0 Å². The van der Waals surface area contributed by atoms with Crippen LogP contribution in [0.4, 0.5) is 0 Å². The lowest BCUT2D eigenvalue weighted by atomic mass is 10.1. The molecule has 0 bridgehead atoms. The summed E-state index contributed by atoms with van der Waals surface area (Å²) in [6.45, 7) is 4.53. The first-order valence-corrected chi connectivity index (χ1v) is 9.37. The van der Waals surface area contributed by atoms with Crippen LogP contribution in [-0.4, -0.2) is 0 Å². The average Bonchev–Trinajstić information content (AvgIpc) is 2.50. The van der Waals surface area contributed by atoms with Crippen molar-refractivity contribution in [3.63, 3.8) is 0 Å². The van der Waals surface area contributed by atoms with Gasteiger partial charge in [0.2, 0.25) is 0 Å². The highest BCUT2D eigenvalue weighted by Crippen LogP contribution is 2.08. The molecule has 0 aliphatic heterocycles. The Morgan fingerprint density at radius 3 is 1.33 bits per heavy atom. The molecule has 1 nitrogen and oxygen atoms in total. The highest BCUT2D eigenvalue weighted by molar-refractivity contribution is 4.79. The first-order valence-electron chi connectivity index (χ1n) is 9.37. The minimum absolute atomic E-state index is 1.15. The van der Waals surface area contributed by atoms with Gasteiger partial charge in [-0.05, 0) is 37.8 Å². The third-order valence-corrected chi connectivity index (χ3v) is 3.80. The maximum Gasteiger partial charge on any atom is 0.0861 e. The van der Waals surface area contributed by atoms with Crippen LogP contribution in [-0.2, 0) is 4.74 Å². The molecule has 0 aromatic carbocycles. The van der Waals surface area contributed by atoms with Gasteiger partial charge >= 0.3 is 0 Å². The zero-order chi connectivity index (χ0) is 15.4. The zero-order valence-electron chi connectivity index (χ0n) is 14.6. The Morgan fingerprint density at radius 2 is 0.905 bits per heavy atom. The lowest BCUT2D eigenvalue weighted by molar-refractivity contribution is 0.397. The molecule has 0 aliphatic rings. The van der Waals surface area contributed by atoms with Gasteiger partial charge in [0.05, 0.1) is 12.5 Å². The fourth-order valence-corrected chi connectivity index (χ4v) is 2.38. The van der Waals surface area contributed by atoms with Gasteiger partial charge in [0.15, 0.2) is 0 Å². The molecule has 0 saturated carbocycles. The van der Waals surface area contributed by atoms with Gasteiger partial charge in [-0.3, -0.25) is 0 Å². The van der Waals surface area contributed by atoms with E-state index >= 15 is 0 Å². The van der Waals surface area contributed by atoms with Gasteiger partial charge in [0.1, 0.15) is 0 Å². The van der Waals surface area contributed by atoms with E-state index in [9.17, 15) is 0 Å². The van der Waals surface area contributed by atoms with E-state index in [0.717, 1.165) is 12.8 Å². The van der Waals surface area contributed by atoms with Gasteiger partial charge in [-0.2, -0.15) is 0 Å². The molecule has 0 heterocycles. The molecule has 0 rings (SSSR count). The Bertz CT molecular complexity index is 206. The maximum absolute atomic E-state index is 5.36. The summed E-state index contributed by atoms with van der Waals surface area (Å²) in [6, 6.07) is 0. The summed E-state index contributed by atoms with van der Waals surface area (Å²) in [5.74, 6) is 0. The Labute approximate surface area is 133 Å². The predicted molar refractivity (Wildman–Crippen MR) is 95.4 cm³/mol. The topological polar surface area (TPSA) is 9.23 Å². The van der Waals surface area contributed by atoms with E-state index in [4.69, 9.17) is 4.74 Å². The van der Waals surface area contributed by atoms with Gasteiger partial charge in [0, 0.05) is 0 Å². The van der Waals surface area contributed by atoms with Crippen LogP contribution in [0.15, 0.2) is 24.7 Å². The summed E-state index contributed by atoms with van der Waals surface area (Å²) in [6.07, 6.45) is 26.6. The molecule has 21 heavy (non-hydrogen) atoms. The Morgan fingerprint density at radius 1 is 0.524 bits per heavy atom. The van der Waals surface area contributed by atoms with Gasteiger partial charge in [0.25, 0.3) is 0 Å². The molecule has 0 aromatic heterocycles. The van der Waals surface area contributed by atoms with E-state index in [1.165, 1.54) is 77.0 Å².